The molecule has 0 atom stereocenters. The van der Waals surface area contributed by atoms with Crippen LogP contribution < -0.4 is 4.57 Å². The third-order valence-corrected chi connectivity index (χ3v) is 4.00. The predicted molar refractivity (Wildman–Crippen MR) is 97.7 cm³/mol. The van der Waals surface area contributed by atoms with Gasteiger partial charge in [-0.3, -0.25) is 4.79 Å². The van der Waals surface area contributed by atoms with Crippen LogP contribution in [0.5, 0.6) is 0 Å². The van der Waals surface area contributed by atoms with Gasteiger partial charge in [0.1, 0.15) is 6.29 Å². The Morgan fingerprint density at radius 1 is 0.875 bits per heavy atom. The van der Waals surface area contributed by atoms with E-state index in [1.165, 1.54) is 16.7 Å². The van der Waals surface area contributed by atoms with E-state index in [-0.39, 0.29) is 0 Å². The minimum atomic E-state index is 0.699. The lowest BCUT2D eigenvalue weighted by atomic mass is 10.1. The molecule has 2 aromatic carbocycles. The van der Waals surface area contributed by atoms with Crippen LogP contribution in [-0.4, -0.2) is 6.29 Å². The molecule has 24 heavy (non-hydrogen) atoms. The van der Waals surface area contributed by atoms with Crippen LogP contribution in [0, 0.1) is 6.92 Å². The first-order valence-corrected chi connectivity index (χ1v) is 8.01. The third kappa shape index (κ3) is 4.05. The highest BCUT2D eigenvalue weighted by Crippen LogP contribution is 2.11. The molecule has 3 rings (SSSR count). The van der Waals surface area contributed by atoms with Gasteiger partial charge >= 0.3 is 0 Å². The minimum Gasteiger partial charge on any atom is -0.298 e. The van der Waals surface area contributed by atoms with E-state index in [9.17, 15) is 4.79 Å². The van der Waals surface area contributed by atoms with E-state index in [1.54, 1.807) is 0 Å². The number of rotatable bonds is 5. The molecule has 2 heteroatoms. The van der Waals surface area contributed by atoms with E-state index >= 15 is 0 Å². The molecule has 0 aliphatic carbocycles. The van der Waals surface area contributed by atoms with Crippen molar-refractivity contribution in [1.29, 1.82) is 0 Å². The lowest BCUT2D eigenvalue weighted by Gasteiger charge is -2.02. The number of hydrogen-bond acceptors (Lipinski definition) is 1. The molecule has 0 saturated heterocycles. The van der Waals surface area contributed by atoms with Crippen LogP contribution in [0.1, 0.15) is 32.6 Å². The van der Waals surface area contributed by atoms with Gasteiger partial charge in [0.05, 0.1) is 0 Å². The van der Waals surface area contributed by atoms with Crippen molar-refractivity contribution < 1.29 is 9.36 Å². The molecule has 0 aliphatic rings. The maximum absolute atomic E-state index is 10.7. The molecule has 0 amide bonds. The second-order valence-corrected chi connectivity index (χ2v) is 5.86. The fourth-order valence-electron chi connectivity index (χ4n) is 2.63. The summed E-state index contributed by atoms with van der Waals surface area (Å²) < 4.78 is 2.20. The molecule has 118 valence electrons. The second kappa shape index (κ2) is 7.51. The van der Waals surface area contributed by atoms with Gasteiger partial charge in [-0.1, -0.05) is 66.7 Å². The number of aromatic nitrogens is 1. The fraction of sp³-hybridized carbons (Fsp3) is 0.0909. The number of carbonyl (C=O) groups excluding carboxylic acids is 1. The van der Waals surface area contributed by atoms with Crippen molar-refractivity contribution in [2.24, 2.45) is 0 Å². The Labute approximate surface area is 142 Å². The quantitative estimate of drug-likeness (QED) is 0.508. The zero-order chi connectivity index (χ0) is 16.8. The van der Waals surface area contributed by atoms with Crippen molar-refractivity contribution >= 4 is 18.4 Å². The van der Waals surface area contributed by atoms with Crippen molar-refractivity contribution in [2.75, 3.05) is 0 Å². The van der Waals surface area contributed by atoms with Crippen LogP contribution in [0.25, 0.3) is 12.2 Å². The maximum Gasteiger partial charge on any atom is 0.173 e. The number of nitrogens with zero attached hydrogens (tertiary/aromatic N) is 1. The Hall–Kier alpha value is -3.00. The Morgan fingerprint density at radius 2 is 1.58 bits per heavy atom. The molecular formula is C22H20NO+. The van der Waals surface area contributed by atoms with Crippen molar-refractivity contribution in [3.05, 3.63) is 101 Å². The fourth-order valence-corrected chi connectivity index (χ4v) is 2.63. The Balaban J connectivity index is 1.74. The normalized spacial score (nSPS) is 10.9. The molecule has 2 nitrogen and oxygen atoms in total. The second-order valence-electron chi connectivity index (χ2n) is 5.86. The van der Waals surface area contributed by atoms with E-state index in [1.807, 2.05) is 30.3 Å². The average molecular weight is 314 g/mol. The lowest BCUT2D eigenvalue weighted by molar-refractivity contribution is -0.688. The number of benzene rings is 2. The van der Waals surface area contributed by atoms with Crippen molar-refractivity contribution in [3.63, 3.8) is 0 Å². The summed E-state index contributed by atoms with van der Waals surface area (Å²) in [6.07, 6.45) is 9.31. The van der Waals surface area contributed by atoms with Gasteiger partial charge in [0, 0.05) is 22.8 Å². The van der Waals surface area contributed by atoms with Gasteiger partial charge in [0.25, 0.3) is 0 Å². The summed E-state index contributed by atoms with van der Waals surface area (Å²) >= 11 is 0. The van der Waals surface area contributed by atoms with Crippen molar-refractivity contribution in [3.8, 4) is 0 Å². The molecule has 0 spiro atoms. The van der Waals surface area contributed by atoms with E-state index in [0.717, 1.165) is 18.4 Å². The lowest BCUT2D eigenvalue weighted by Crippen LogP contribution is -2.33. The number of aryl methyl sites for hydroxylation is 1. The zero-order valence-corrected chi connectivity index (χ0v) is 13.7. The molecule has 0 aliphatic heterocycles. The summed E-state index contributed by atoms with van der Waals surface area (Å²) in [5.41, 5.74) is 5.50. The Bertz CT molecular complexity index is 849. The summed E-state index contributed by atoms with van der Waals surface area (Å²) in [5, 5.41) is 0. The zero-order valence-electron chi connectivity index (χ0n) is 13.7. The van der Waals surface area contributed by atoms with Crippen LogP contribution in [-0.2, 0) is 6.54 Å². The van der Waals surface area contributed by atoms with Crippen LogP contribution >= 0.6 is 0 Å². The highest BCUT2D eigenvalue weighted by molar-refractivity contribution is 5.76. The van der Waals surface area contributed by atoms with Crippen LogP contribution in [0.3, 0.4) is 0 Å². The SMILES string of the molecule is Cc1c[n+](Cc2ccccc2)ccc1C=Cc1ccc(C=O)cc1. The van der Waals surface area contributed by atoms with Gasteiger partial charge in [0.2, 0.25) is 0 Å². The summed E-state index contributed by atoms with van der Waals surface area (Å²) in [6.45, 7) is 3.00. The largest absolute Gasteiger partial charge is 0.298 e. The van der Waals surface area contributed by atoms with Gasteiger partial charge < -0.3 is 0 Å². The molecule has 0 saturated carbocycles. The number of aldehydes is 1. The van der Waals surface area contributed by atoms with Crippen molar-refractivity contribution in [2.45, 2.75) is 13.5 Å². The van der Waals surface area contributed by atoms with Crippen molar-refractivity contribution in [1.82, 2.24) is 0 Å². The van der Waals surface area contributed by atoms with Crippen LogP contribution in [0.15, 0.2) is 73.1 Å². The highest BCUT2D eigenvalue weighted by Gasteiger charge is 2.05. The highest BCUT2D eigenvalue weighted by atomic mass is 16.1. The molecule has 0 radical (unpaired) electrons. The van der Waals surface area contributed by atoms with Gasteiger partial charge in [0.15, 0.2) is 18.9 Å². The molecule has 0 N–H and O–H groups in total. The number of carbonyl (C=O) groups is 1. The summed E-state index contributed by atoms with van der Waals surface area (Å²) in [5.74, 6) is 0. The van der Waals surface area contributed by atoms with E-state index in [2.05, 4.69) is 66.4 Å². The first-order chi connectivity index (χ1) is 11.7. The summed E-state index contributed by atoms with van der Waals surface area (Å²) in [7, 11) is 0. The molecule has 0 fully saturated rings. The summed E-state index contributed by atoms with van der Waals surface area (Å²) in [6, 6.07) is 20.1. The molecule has 0 bridgehead atoms. The number of pyridine rings is 1. The molecule has 3 aromatic rings. The first-order valence-electron chi connectivity index (χ1n) is 8.01. The van der Waals surface area contributed by atoms with E-state index in [0.29, 0.717) is 5.56 Å². The van der Waals surface area contributed by atoms with Crippen LogP contribution in [0.4, 0.5) is 0 Å². The maximum atomic E-state index is 10.7. The Kier molecular flexibility index (Phi) is 4.97. The Morgan fingerprint density at radius 3 is 2.25 bits per heavy atom. The predicted octanol–water partition coefficient (Wildman–Crippen LogP) is 4.31. The van der Waals surface area contributed by atoms with Gasteiger partial charge in [-0.15, -0.1) is 0 Å². The first kappa shape index (κ1) is 15.9. The van der Waals surface area contributed by atoms with E-state index < -0.39 is 0 Å². The minimum absolute atomic E-state index is 0.699. The standard InChI is InChI=1S/C22H20NO/c1-18-15-23(16-20-5-3-2-4-6-20)14-13-22(18)12-11-19-7-9-21(17-24)10-8-19/h2-15,17H,16H2,1H3/q+1. The monoisotopic (exact) mass is 314 g/mol. The summed E-state index contributed by atoms with van der Waals surface area (Å²) in [4.78, 5) is 10.7. The molecule has 0 unspecified atom stereocenters. The number of hydrogen-bond donors (Lipinski definition) is 0. The average Bonchev–Trinajstić information content (AvgIpc) is 2.62. The third-order valence-electron chi connectivity index (χ3n) is 4.00. The molecular weight excluding hydrogens is 294 g/mol. The van der Waals surface area contributed by atoms with E-state index in [4.69, 9.17) is 0 Å². The van der Waals surface area contributed by atoms with Gasteiger partial charge in [-0.05, 0) is 18.1 Å². The smallest absolute Gasteiger partial charge is 0.173 e. The van der Waals surface area contributed by atoms with Crippen LogP contribution in [0.2, 0.25) is 0 Å². The molecule has 1 aromatic heterocycles. The molecule has 1 heterocycles. The van der Waals surface area contributed by atoms with Gasteiger partial charge in [-0.2, -0.15) is 0 Å². The van der Waals surface area contributed by atoms with Gasteiger partial charge in [-0.25, -0.2) is 4.57 Å². The topological polar surface area (TPSA) is 20.9 Å².